The molecule has 1 aliphatic rings. The van der Waals surface area contributed by atoms with Gasteiger partial charge >= 0.3 is 0 Å². The van der Waals surface area contributed by atoms with Gasteiger partial charge in [-0.05, 0) is 17.2 Å². The molecule has 0 atom stereocenters. The Morgan fingerprint density at radius 1 is 1.06 bits per heavy atom. The predicted molar refractivity (Wildman–Crippen MR) is 66.4 cm³/mol. The second-order valence-corrected chi connectivity index (χ2v) is 4.59. The topological polar surface area (TPSA) is 59.1 Å². The highest BCUT2D eigenvalue weighted by molar-refractivity contribution is 5.48. The molecule has 1 heterocycles. The number of anilines is 1. The van der Waals surface area contributed by atoms with Crippen LogP contribution in [0, 0.1) is 0 Å². The molecule has 3 nitrogen and oxygen atoms in total. The van der Waals surface area contributed by atoms with Gasteiger partial charge in [0, 0.05) is 24.6 Å². The number of rotatable bonds is 1. The highest BCUT2D eigenvalue weighted by Crippen LogP contribution is 2.39. The summed E-state index contributed by atoms with van der Waals surface area (Å²) in [5.41, 5.74) is 8.07. The van der Waals surface area contributed by atoms with Crippen molar-refractivity contribution in [3.8, 4) is 0 Å². The Kier molecular flexibility index (Phi) is 2.16. The molecule has 3 heteroatoms. The fraction of sp³-hybridized carbons (Fsp3) is 0.214. The Morgan fingerprint density at radius 2 is 1.71 bits per heavy atom. The third kappa shape index (κ3) is 1.59. The molecule has 0 aliphatic heterocycles. The van der Waals surface area contributed by atoms with Gasteiger partial charge in [0.25, 0.3) is 0 Å². The molecule has 0 fully saturated rings. The van der Waals surface area contributed by atoms with Crippen LogP contribution in [0.25, 0.3) is 0 Å². The van der Waals surface area contributed by atoms with Gasteiger partial charge in [-0.15, -0.1) is 0 Å². The van der Waals surface area contributed by atoms with E-state index in [0.717, 1.165) is 5.56 Å². The van der Waals surface area contributed by atoms with Crippen LogP contribution in [0.4, 0.5) is 5.82 Å². The number of pyridine rings is 1. The van der Waals surface area contributed by atoms with Crippen molar-refractivity contribution in [2.45, 2.75) is 18.4 Å². The first-order valence-electron chi connectivity index (χ1n) is 5.69. The molecule has 0 spiro atoms. The monoisotopic (exact) mass is 226 g/mol. The molecular weight excluding hydrogens is 212 g/mol. The molecular formula is C14H14N2O. The summed E-state index contributed by atoms with van der Waals surface area (Å²) in [6.07, 6.45) is 2.86. The van der Waals surface area contributed by atoms with Crippen molar-refractivity contribution in [3.63, 3.8) is 0 Å². The average Bonchev–Trinajstić information content (AvgIpc) is 2.66. The Labute approximate surface area is 99.9 Å². The van der Waals surface area contributed by atoms with Crippen molar-refractivity contribution >= 4 is 5.82 Å². The highest BCUT2D eigenvalue weighted by Gasteiger charge is 2.38. The maximum Gasteiger partial charge on any atom is 0.129 e. The first kappa shape index (κ1) is 10.3. The number of benzene rings is 1. The summed E-state index contributed by atoms with van der Waals surface area (Å²) < 4.78 is 0. The van der Waals surface area contributed by atoms with Gasteiger partial charge in [-0.25, -0.2) is 4.98 Å². The number of aromatic nitrogens is 1. The van der Waals surface area contributed by atoms with Crippen molar-refractivity contribution in [1.82, 2.24) is 4.98 Å². The summed E-state index contributed by atoms with van der Waals surface area (Å²) in [4.78, 5) is 4.05. The zero-order valence-electron chi connectivity index (χ0n) is 9.43. The van der Waals surface area contributed by atoms with E-state index in [1.165, 1.54) is 11.1 Å². The van der Waals surface area contributed by atoms with E-state index < -0.39 is 5.60 Å². The first-order chi connectivity index (χ1) is 8.19. The van der Waals surface area contributed by atoms with Crippen molar-refractivity contribution in [2.24, 2.45) is 0 Å². The highest BCUT2D eigenvalue weighted by atomic mass is 16.3. The van der Waals surface area contributed by atoms with E-state index >= 15 is 0 Å². The van der Waals surface area contributed by atoms with Crippen molar-refractivity contribution in [3.05, 3.63) is 59.3 Å². The molecule has 3 rings (SSSR count). The quantitative estimate of drug-likeness (QED) is 0.777. The van der Waals surface area contributed by atoms with Crippen LogP contribution in [0.2, 0.25) is 0 Å². The first-order valence-corrected chi connectivity index (χ1v) is 5.69. The predicted octanol–water partition coefficient (Wildman–Crippen LogP) is 1.65. The second-order valence-electron chi connectivity index (χ2n) is 4.59. The lowest BCUT2D eigenvalue weighted by atomic mass is 9.91. The van der Waals surface area contributed by atoms with Gasteiger partial charge in [0.15, 0.2) is 0 Å². The Hall–Kier alpha value is -1.87. The number of nitrogens with zero attached hydrogens (tertiary/aromatic N) is 1. The molecule has 3 N–H and O–H groups in total. The van der Waals surface area contributed by atoms with Gasteiger partial charge in [0.05, 0.1) is 0 Å². The van der Waals surface area contributed by atoms with Crippen LogP contribution in [-0.4, -0.2) is 10.1 Å². The minimum atomic E-state index is -0.901. The van der Waals surface area contributed by atoms with E-state index in [2.05, 4.69) is 17.1 Å². The van der Waals surface area contributed by atoms with E-state index in [9.17, 15) is 5.11 Å². The zero-order chi connectivity index (χ0) is 11.9. The molecule has 0 saturated heterocycles. The van der Waals surface area contributed by atoms with Gasteiger partial charge in [-0.2, -0.15) is 0 Å². The Morgan fingerprint density at radius 3 is 2.29 bits per heavy atom. The van der Waals surface area contributed by atoms with Crippen LogP contribution < -0.4 is 5.73 Å². The van der Waals surface area contributed by atoms with E-state index in [1.54, 1.807) is 6.20 Å². The summed E-state index contributed by atoms with van der Waals surface area (Å²) in [6.45, 7) is 0. The lowest BCUT2D eigenvalue weighted by molar-refractivity contribution is 0.0487. The fourth-order valence-corrected chi connectivity index (χ4v) is 2.60. The van der Waals surface area contributed by atoms with Crippen molar-refractivity contribution < 1.29 is 5.11 Å². The fourth-order valence-electron chi connectivity index (χ4n) is 2.60. The van der Waals surface area contributed by atoms with Gasteiger partial charge in [-0.3, -0.25) is 0 Å². The lowest BCUT2D eigenvalue weighted by Gasteiger charge is -2.23. The van der Waals surface area contributed by atoms with Gasteiger partial charge in [-0.1, -0.05) is 30.3 Å². The smallest absolute Gasteiger partial charge is 0.129 e. The third-order valence-electron chi connectivity index (χ3n) is 3.42. The summed E-state index contributed by atoms with van der Waals surface area (Å²) in [5, 5.41) is 10.7. The van der Waals surface area contributed by atoms with Gasteiger partial charge in [0.2, 0.25) is 0 Å². The van der Waals surface area contributed by atoms with Crippen LogP contribution >= 0.6 is 0 Å². The molecule has 0 amide bonds. The van der Waals surface area contributed by atoms with E-state index in [0.29, 0.717) is 18.7 Å². The average molecular weight is 226 g/mol. The molecule has 1 aromatic heterocycles. The number of aliphatic hydroxyl groups is 1. The van der Waals surface area contributed by atoms with Crippen LogP contribution in [-0.2, 0) is 18.4 Å². The molecule has 2 aromatic rings. The molecule has 0 bridgehead atoms. The molecule has 1 aromatic carbocycles. The summed E-state index contributed by atoms with van der Waals surface area (Å²) >= 11 is 0. The molecule has 0 saturated carbocycles. The number of hydrogen-bond donors (Lipinski definition) is 2. The van der Waals surface area contributed by atoms with Crippen LogP contribution in [0.1, 0.15) is 16.7 Å². The lowest BCUT2D eigenvalue weighted by Crippen LogP contribution is -2.27. The van der Waals surface area contributed by atoms with Crippen molar-refractivity contribution in [2.75, 3.05) is 5.73 Å². The number of fused-ring (bicyclic) bond motifs is 1. The molecule has 86 valence electrons. The molecule has 0 unspecified atom stereocenters. The molecule has 17 heavy (non-hydrogen) atoms. The standard InChI is InChI=1S/C14H14N2O/c15-13-12(6-3-7-16-13)14(17)8-10-4-1-2-5-11(10)9-14/h1-7,17H,8-9H2,(H2,15,16). The van der Waals surface area contributed by atoms with E-state index in [1.807, 2.05) is 24.3 Å². The Bertz CT molecular complexity index is 541. The minimum Gasteiger partial charge on any atom is -0.384 e. The SMILES string of the molecule is Nc1ncccc1C1(O)Cc2ccccc2C1. The summed E-state index contributed by atoms with van der Waals surface area (Å²) in [7, 11) is 0. The van der Waals surface area contributed by atoms with Gasteiger partial charge in [0.1, 0.15) is 11.4 Å². The Balaban J connectivity index is 2.05. The van der Waals surface area contributed by atoms with Crippen LogP contribution in [0.5, 0.6) is 0 Å². The molecule has 0 radical (unpaired) electrons. The summed E-state index contributed by atoms with van der Waals surface area (Å²) in [5.74, 6) is 0.419. The normalized spacial score (nSPS) is 16.8. The van der Waals surface area contributed by atoms with Crippen LogP contribution in [0.15, 0.2) is 42.6 Å². The molecule has 1 aliphatic carbocycles. The maximum atomic E-state index is 10.7. The number of nitrogen functional groups attached to an aromatic ring is 1. The van der Waals surface area contributed by atoms with E-state index in [-0.39, 0.29) is 0 Å². The third-order valence-corrected chi connectivity index (χ3v) is 3.42. The van der Waals surface area contributed by atoms with Gasteiger partial charge < -0.3 is 10.8 Å². The van der Waals surface area contributed by atoms with Crippen molar-refractivity contribution in [1.29, 1.82) is 0 Å². The largest absolute Gasteiger partial charge is 0.384 e. The summed E-state index contributed by atoms with van der Waals surface area (Å²) in [6, 6.07) is 11.8. The van der Waals surface area contributed by atoms with Crippen LogP contribution in [0.3, 0.4) is 0 Å². The number of nitrogens with two attached hydrogens (primary N) is 1. The zero-order valence-corrected chi connectivity index (χ0v) is 9.43. The maximum absolute atomic E-state index is 10.7. The second kappa shape index (κ2) is 3.57. The minimum absolute atomic E-state index is 0.419. The van der Waals surface area contributed by atoms with E-state index in [4.69, 9.17) is 5.73 Å². The number of hydrogen-bond acceptors (Lipinski definition) is 3.